The Bertz CT molecular complexity index is 1210. The van der Waals surface area contributed by atoms with Gasteiger partial charge in [-0.2, -0.15) is 10.2 Å². The maximum atomic E-state index is 12.5. The summed E-state index contributed by atoms with van der Waals surface area (Å²) in [5, 5.41) is 15.7. The topological polar surface area (TPSA) is 106 Å². The molecule has 2 N–H and O–H groups in total. The van der Waals surface area contributed by atoms with Gasteiger partial charge in [0.25, 0.3) is 5.56 Å². The lowest BCUT2D eigenvalue weighted by Crippen LogP contribution is -2.18. The largest absolute Gasteiger partial charge is 0.324 e. The van der Waals surface area contributed by atoms with Crippen LogP contribution in [-0.2, 0) is 11.2 Å². The van der Waals surface area contributed by atoms with Crippen LogP contribution < -0.4 is 10.9 Å². The first-order valence-corrected chi connectivity index (χ1v) is 8.62. The van der Waals surface area contributed by atoms with Crippen molar-refractivity contribution in [2.75, 3.05) is 5.32 Å². The molecule has 3 aromatic heterocycles. The van der Waals surface area contributed by atoms with Crippen molar-refractivity contribution in [1.82, 2.24) is 25.0 Å². The third kappa shape index (κ3) is 3.17. The lowest BCUT2D eigenvalue weighted by atomic mass is 10.1. The molecule has 0 unspecified atom stereocenters. The van der Waals surface area contributed by atoms with Crippen LogP contribution in [0.25, 0.3) is 21.8 Å². The molecule has 4 rings (SSSR count). The average molecular weight is 362 g/mol. The van der Waals surface area contributed by atoms with Gasteiger partial charge in [-0.25, -0.2) is 14.8 Å². The van der Waals surface area contributed by atoms with Crippen molar-refractivity contribution in [3.8, 4) is 0 Å². The van der Waals surface area contributed by atoms with Gasteiger partial charge < -0.3 is 5.32 Å². The van der Waals surface area contributed by atoms with Gasteiger partial charge in [0.05, 0.1) is 35.6 Å². The van der Waals surface area contributed by atoms with Crippen LogP contribution in [0.4, 0.5) is 5.69 Å². The molecule has 0 atom stereocenters. The first-order valence-electron chi connectivity index (χ1n) is 8.62. The van der Waals surface area contributed by atoms with Crippen LogP contribution >= 0.6 is 0 Å². The SMILES string of the molecule is CC(C)n1ncc2cc(NC(=O)Cc3n[nH]c(=O)c4ccccc34)cnc21. The molecular weight excluding hydrogens is 344 g/mol. The molecule has 1 amide bonds. The fourth-order valence-corrected chi connectivity index (χ4v) is 3.05. The quantitative estimate of drug-likeness (QED) is 0.580. The number of aromatic amines is 1. The molecule has 0 bridgehead atoms. The van der Waals surface area contributed by atoms with Crippen molar-refractivity contribution in [3.63, 3.8) is 0 Å². The Morgan fingerprint density at radius 3 is 2.78 bits per heavy atom. The minimum Gasteiger partial charge on any atom is -0.324 e. The van der Waals surface area contributed by atoms with Gasteiger partial charge in [-0.05, 0) is 26.0 Å². The number of H-pyrrole nitrogens is 1. The van der Waals surface area contributed by atoms with Gasteiger partial charge in [-0.3, -0.25) is 9.59 Å². The molecule has 0 spiro atoms. The highest BCUT2D eigenvalue weighted by atomic mass is 16.1. The first kappa shape index (κ1) is 16.9. The monoisotopic (exact) mass is 362 g/mol. The van der Waals surface area contributed by atoms with E-state index in [4.69, 9.17) is 0 Å². The second-order valence-corrected chi connectivity index (χ2v) is 6.59. The Morgan fingerprint density at radius 1 is 1.22 bits per heavy atom. The number of nitrogens with one attached hydrogen (secondary N) is 2. The van der Waals surface area contributed by atoms with Crippen molar-refractivity contribution in [3.05, 3.63) is 58.8 Å². The van der Waals surface area contributed by atoms with Gasteiger partial charge in [-0.1, -0.05) is 18.2 Å². The van der Waals surface area contributed by atoms with Crippen LogP contribution in [0, 0.1) is 0 Å². The van der Waals surface area contributed by atoms with Crippen molar-refractivity contribution in [2.45, 2.75) is 26.3 Å². The van der Waals surface area contributed by atoms with Gasteiger partial charge >= 0.3 is 0 Å². The lowest BCUT2D eigenvalue weighted by Gasteiger charge is -2.08. The molecule has 0 saturated heterocycles. The van der Waals surface area contributed by atoms with Crippen molar-refractivity contribution < 1.29 is 4.79 Å². The minimum atomic E-state index is -0.272. The Kier molecular flexibility index (Phi) is 4.15. The highest BCUT2D eigenvalue weighted by Crippen LogP contribution is 2.19. The van der Waals surface area contributed by atoms with Crippen molar-refractivity contribution in [1.29, 1.82) is 0 Å². The number of pyridine rings is 1. The zero-order valence-electron chi connectivity index (χ0n) is 14.9. The predicted octanol–water partition coefficient (Wildman–Crippen LogP) is 2.43. The molecule has 0 saturated carbocycles. The molecule has 136 valence electrons. The molecule has 0 fully saturated rings. The van der Waals surface area contributed by atoms with E-state index in [1.807, 2.05) is 30.7 Å². The van der Waals surface area contributed by atoms with E-state index in [9.17, 15) is 9.59 Å². The molecule has 0 aliphatic heterocycles. The normalized spacial score (nSPS) is 11.4. The van der Waals surface area contributed by atoms with E-state index in [1.54, 1.807) is 30.6 Å². The number of carbonyl (C=O) groups excluding carboxylic acids is 1. The summed E-state index contributed by atoms with van der Waals surface area (Å²) in [7, 11) is 0. The zero-order chi connectivity index (χ0) is 19.0. The van der Waals surface area contributed by atoms with E-state index < -0.39 is 0 Å². The van der Waals surface area contributed by atoms with Crippen molar-refractivity contribution in [2.24, 2.45) is 0 Å². The smallest absolute Gasteiger partial charge is 0.272 e. The second kappa shape index (κ2) is 6.64. The number of benzene rings is 1. The average Bonchev–Trinajstić information content (AvgIpc) is 3.08. The van der Waals surface area contributed by atoms with E-state index in [2.05, 4.69) is 25.6 Å². The Labute approximate surface area is 154 Å². The fourth-order valence-electron chi connectivity index (χ4n) is 3.05. The summed E-state index contributed by atoms with van der Waals surface area (Å²) in [6, 6.07) is 9.13. The molecule has 1 aromatic carbocycles. The maximum absolute atomic E-state index is 12.5. The van der Waals surface area contributed by atoms with Crippen LogP contribution in [-0.4, -0.2) is 30.9 Å². The summed E-state index contributed by atoms with van der Waals surface area (Å²) >= 11 is 0. The summed E-state index contributed by atoms with van der Waals surface area (Å²) in [4.78, 5) is 28.7. The van der Waals surface area contributed by atoms with Crippen LogP contribution in [0.1, 0.15) is 25.6 Å². The lowest BCUT2D eigenvalue weighted by molar-refractivity contribution is -0.115. The van der Waals surface area contributed by atoms with E-state index in [0.29, 0.717) is 22.2 Å². The summed E-state index contributed by atoms with van der Waals surface area (Å²) in [6.07, 6.45) is 3.38. The number of rotatable bonds is 4. The summed E-state index contributed by atoms with van der Waals surface area (Å²) in [5.74, 6) is -0.239. The third-order valence-corrected chi connectivity index (χ3v) is 4.31. The molecule has 4 aromatic rings. The number of fused-ring (bicyclic) bond motifs is 2. The fraction of sp³-hybridized carbons (Fsp3) is 0.211. The molecule has 3 heterocycles. The van der Waals surface area contributed by atoms with Crippen LogP contribution in [0.3, 0.4) is 0 Å². The molecule has 8 heteroatoms. The number of hydrogen-bond donors (Lipinski definition) is 2. The van der Waals surface area contributed by atoms with Crippen LogP contribution in [0.5, 0.6) is 0 Å². The van der Waals surface area contributed by atoms with Crippen LogP contribution in [0.15, 0.2) is 47.5 Å². The Hall–Kier alpha value is -3.55. The predicted molar refractivity (Wildman–Crippen MR) is 103 cm³/mol. The third-order valence-electron chi connectivity index (χ3n) is 4.31. The summed E-state index contributed by atoms with van der Waals surface area (Å²) < 4.78 is 1.83. The second-order valence-electron chi connectivity index (χ2n) is 6.59. The number of nitrogens with zero attached hydrogens (tertiary/aromatic N) is 4. The van der Waals surface area contributed by atoms with Gasteiger partial charge in [0.1, 0.15) is 0 Å². The van der Waals surface area contributed by atoms with E-state index in [-0.39, 0.29) is 23.9 Å². The zero-order valence-corrected chi connectivity index (χ0v) is 14.9. The van der Waals surface area contributed by atoms with Crippen LogP contribution in [0.2, 0.25) is 0 Å². The molecule has 0 aliphatic carbocycles. The molecular formula is C19H18N6O2. The Morgan fingerprint density at radius 2 is 2.00 bits per heavy atom. The number of amides is 1. The first-order chi connectivity index (χ1) is 13.0. The highest BCUT2D eigenvalue weighted by molar-refractivity contribution is 5.96. The molecule has 8 nitrogen and oxygen atoms in total. The van der Waals surface area contributed by atoms with Gasteiger partial charge in [0.2, 0.25) is 5.91 Å². The van der Waals surface area contributed by atoms with E-state index >= 15 is 0 Å². The Balaban J connectivity index is 1.57. The molecule has 0 radical (unpaired) electrons. The van der Waals surface area contributed by atoms with Gasteiger partial charge in [0, 0.05) is 16.8 Å². The summed E-state index contributed by atoms with van der Waals surface area (Å²) in [5.41, 5.74) is 1.61. The molecule has 0 aliphatic rings. The maximum Gasteiger partial charge on any atom is 0.272 e. The number of hydrogen-bond acceptors (Lipinski definition) is 5. The molecule has 27 heavy (non-hydrogen) atoms. The van der Waals surface area contributed by atoms with Gasteiger partial charge in [-0.15, -0.1) is 0 Å². The van der Waals surface area contributed by atoms with E-state index in [0.717, 1.165) is 11.0 Å². The van der Waals surface area contributed by atoms with Crippen molar-refractivity contribution >= 4 is 33.4 Å². The number of anilines is 1. The standard InChI is InChI=1S/C19H18N6O2/c1-11(2)25-18-12(9-21-25)7-13(10-20-18)22-17(26)8-16-14-5-3-4-6-15(14)19(27)24-23-16/h3-7,9-11H,8H2,1-2H3,(H,22,26)(H,24,27). The summed E-state index contributed by atoms with van der Waals surface area (Å²) in [6.45, 7) is 4.07. The minimum absolute atomic E-state index is 0.0422. The number of aromatic nitrogens is 5. The number of carbonyl (C=O) groups is 1. The highest BCUT2D eigenvalue weighted by Gasteiger charge is 2.12. The van der Waals surface area contributed by atoms with E-state index in [1.165, 1.54) is 0 Å². The van der Waals surface area contributed by atoms with Gasteiger partial charge in [0.15, 0.2) is 5.65 Å².